The third kappa shape index (κ3) is 4.89. The van der Waals surface area contributed by atoms with Gasteiger partial charge >= 0.3 is 6.18 Å². The number of aromatic nitrogens is 2. The summed E-state index contributed by atoms with van der Waals surface area (Å²) in [7, 11) is 3.17. The normalized spacial score (nSPS) is 14.0. The predicted molar refractivity (Wildman–Crippen MR) is 134 cm³/mol. The average molecular weight is 508 g/mol. The molecule has 1 aliphatic rings. The number of rotatable bonds is 5. The highest BCUT2D eigenvalue weighted by Gasteiger charge is 2.31. The fourth-order valence-corrected chi connectivity index (χ4v) is 4.44. The number of alkyl halides is 3. The van der Waals surface area contributed by atoms with Crippen LogP contribution in [0.2, 0.25) is 0 Å². The van der Waals surface area contributed by atoms with Crippen molar-refractivity contribution in [1.29, 1.82) is 0 Å². The molecule has 37 heavy (non-hydrogen) atoms. The second kappa shape index (κ2) is 9.65. The van der Waals surface area contributed by atoms with Crippen LogP contribution in [0.4, 0.5) is 13.2 Å². The number of benzene rings is 2. The van der Waals surface area contributed by atoms with Crippen LogP contribution in [-0.2, 0) is 6.18 Å². The molecule has 0 fully saturated rings. The van der Waals surface area contributed by atoms with Gasteiger partial charge in [-0.3, -0.25) is 4.79 Å². The Hall–Kier alpha value is -4.27. The molecule has 0 N–H and O–H groups in total. The third-order valence-corrected chi connectivity index (χ3v) is 6.43. The number of amides is 1. The van der Waals surface area contributed by atoms with Gasteiger partial charge in [-0.15, -0.1) is 0 Å². The highest BCUT2D eigenvalue weighted by atomic mass is 19.4. The number of halogens is 3. The van der Waals surface area contributed by atoms with Crippen LogP contribution in [0.25, 0.3) is 22.5 Å². The first-order valence-electron chi connectivity index (χ1n) is 11.6. The van der Waals surface area contributed by atoms with E-state index in [1.165, 1.54) is 12.1 Å². The molecule has 0 radical (unpaired) electrons. The van der Waals surface area contributed by atoms with Crippen molar-refractivity contribution in [3.63, 3.8) is 0 Å². The van der Waals surface area contributed by atoms with E-state index in [4.69, 9.17) is 14.5 Å². The van der Waals surface area contributed by atoms with E-state index >= 15 is 0 Å². The Labute approximate surface area is 211 Å². The van der Waals surface area contributed by atoms with Crippen LogP contribution in [0.1, 0.15) is 27.9 Å². The molecule has 1 amide bonds. The van der Waals surface area contributed by atoms with Gasteiger partial charge in [0.2, 0.25) is 0 Å². The van der Waals surface area contributed by atoms with Crippen LogP contribution >= 0.6 is 0 Å². The van der Waals surface area contributed by atoms with Crippen molar-refractivity contribution >= 4 is 17.1 Å². The smallest absolute Gasteiger partial charge is 0.416 e. The number of hydrogen-bond acceptors (Lipinski definition) is 4. The van der Waals surface area contributed by atoms with Gasteiger partial charge in [-0.1, -0.05) is 12.1 Å². The minimum atomic E-state index is -4.49. The number of ether oxygens (including phenoxy) is 2. The molecule has 2 aromatic heterocycles. The number of pyridine rings is 1. The van der Waals surface area contributed by atoms with Gasteiger partial charge in [0.1, 0.15) is 5.65 Å². The Kier molecular flexibility index (Phi) is 6.37. The van der Waals surface area contributed by atoms with Crippen LogP contribution in [0.3, 0.4) is 0 Å². The van der Waals surface area contributed by atoms with E-state index in [9.17, 15) is 18.0 Å². The van der Waals surface area contributed by atoms with E-state index in [1.54, 1.807) is 19.1 Å². The van der Waals surface area contributed by atoms with E-state index < -0.39 is 17.6 Å². The number of carbonyl (C=O) groups excluding carboxylic acids is 1. The first-order valence-corrected chi connectivity index (χ1v) is 11.6. The summed E-state index contributed by atoms with van der Waals surface area (Å²) in [5.74, 6) is 0.850. The highest BCUT2D eigenvalue weighted by Crippen LogP contribution is 2.33. The van der Waals surface area contributed by atoms with Crippen LogP contribution in [0, 0.1) is 0 Å². The molecule has 3 heterocycles. The summed E-state index contributed by atoms with van der Waals surface area (Å²) >= 11 is 0. The molecule has 0 bridgehead atoms. The quantitative estimate of drug-likeness (QED) is 0.334. The minimum absolute atomic E-state index is 0.0363. The van der Waals surface area contributed by atoms with Crippen molar-refractivity contribution in [3.05, 3.63) is 89.8 Å². The van der Waals surface area contributed by atoms with Crippen LogP contribution in [0.5, 0.6) is 11.5 Å². The molecule has 9 heteroatoms. The third-order valence-electron chi connectivity index (χ3n) is 6.43. The zero-order chi connectivity index (χ0) is 26.2. The Balaban J connectivity index is 1.34. The molecule has 0 saturated heterocycles. The van der Waals surface area contributed by atoms with Gasteiger partial charge in [0.05, 0.1) is 25.5 Å². The lowest BCUT2D eigenvalue weighted by Gasteiger charge is -2.27. The molecule has 0 aliphatic carbocycles. The molecule has 190 valence electrons. The standard InChI is InChI=1S/C28H24F3N3O3/c1-36-24-8-6-19(15-25(24)37-2)23-17-34-16-21(7-9-26(34)32-23)18-10-12-33(13-11-18)27(35)20-4-3-5-22(14-20)28(29,30)31/h3-10,14-17H,11-13H2,1-2H3. The maximum atomic E-state index is 13.0. The number of hydrogen-bond donors (Lipinski definition) is 0. The van der Waals surface area contributed by atoms with Gasteiger partial charge < -0.3 is 18.8 Å². The van der Waals surface area contributed by atoms with E-state index in [-0.39, 0.29) is 5.56 Å². The van der Waals surface area contributed by atoms with E-state index in [1.807, 2.05) is 53.2 Å². The molecule has 0 saturated carbocycles. The van der Waals surface area contributed by atoms with Crippen molar-refractivity contribution in [2.75, 3.05) is 27.3 Å². The molecular formula is C28H24F3N3O3. The van der Waals surface area contributed by atoms with Crippen molar-refractivity contribution in [1.82, 2.24) is 14.3 Å². The lowest BCUT2D eigenvalue weighted by atomic mass is 10.00. The highest BCUT2D eigenvalue weighted by molar-refractivity contribution is 5.95. The zero-order valence-corrected chi connectivity index (χ0v) is 20.2. The summed E-state index contributed by atoms with van der Waals surface area (Å²) in [6.45, 7) is 0.739. The van der Waals surface area contributed by atoms with Crippen molar-refractivity contribution in [2.24, 2.45) is 0 Å². The van der Waals surface area contributed by atoms with Crippen LogP contribution in [-0.4, -0.2) is 47.5 Å². The molecule has 2 aromatic carbocycles. The van der Waals surface area contributed by atoms with Crippen molar-refractivity contribution in [3.8, 4) is 22.8 Å². The molecule has 0 atom stereocenters. The SMILES string of the molecule is COc1ccc(-c2cn3cc(C4=CCN(C(=O)c5cccc(C(F)(F)F)c5)CC4)ccc3n2)cc1OC. The van der Waals surface area contributed by atoms with E-state index in [0.717, 1.165) is 40.2 Å². The van der Waals surface area contributed by atoms with Gasteiger partial charge in [0.25, 0.3) is 5.91 Å². The van der Waals surface area contributed by atoms with E-state index in [2.05, 4.69) is 0 Å². The molecule has 4 aromatic rings. The fourth-order valence-electron chi connectivity index (χ4n) is 4.44. The Morgan fingerprint density at radius 2 is 1.73 bits per heavy atom. The summed E-state index contributed by atoms with van der Waals surface area (Å²) in [6.07, 6.45) is 1.97. The predicted octanol–water partition coefficient (Wildman–Crippen LogP) is 5.97. The summed E-state index contributed by atoms with van der Waals surface area (Å²) in [5.41, 5.74) is 3.73. The molecule has 1 aliphatic heterocycles. The molecule has 0 unspecified atom stereocenters. The topological polar surface area (TPSA) is 56.1 Å². The summed E-state index contributed by atoms with van der Waals surface area (Å²) in [5, 5.41) is 0. The second-order valence-electron chi connectivity index (χ2n) is 8.69. The number of fused-ring (bicyclic) bond motifs is 1. The Morgan fingerprint density at radius 1 is 0.946 bits per heavy atom. The summed E-state index contributed by atoms with van der Waals surface area (Å²) in [4.78, 5) is 19.1. The number of nitrogens with zero attached hydrogens (tertiary/aromatic N) is 3. The van der Waals surface area contributed by atoms with Crippen molar-refractivity contribution in [2.45, 2.75) is 12.6 Å². The average Bonchev–Trinajstić information content (AvgIpc) is 3.35. The first-order chi connectivity index (χ1) is 17.8. The summed E-state index contributed by atoms with van der Waals surface area (Å²) in [6, 6.07) is 14.1. The van der Waals surface area contributed by atoms with Gasteiger partial charge in [-0.05, 0) is 66.1 Å². The van der Waals surface area contributed by atoms with E-state index in [0.29, 0.717) is 31.0 Å². The molecular weight excluding hydrogens is 483 g/mol. The largest absolute Gasteiger partial charge is 0.493 e. The molecule has 0 spiro atoms. The molecule has 6 nitrogen and oxygen atoms in total. The maximum Gasteiger partial charge on any atom is 0.416 e. The molecule has 5 rings (SSSR count). The fraction of sp³-hybridized carbons (Fsp3) is 0.214. The van der Waals surface area contributed by atoms with Gasteiger partial charge in [0, 0.05) is 36.6 Å². The Bertz CT molecular complexity index is 1510. The van der Waals surface area contributed by atoms with Gasteiger partial charge in [-0.25, -0.2) is 4.98 Å². The van der Waals surface area contributed by atoms with Crippen molar-refractivity contribution < 1.29 is 27.4 Å². The Morgan fingerprint density at radius 3 is 2.43 bits per heavy atom. The monoisotopic (exact) mass is 507 g/mol. The lowest BCUT2D eigenvalue weighted by Crippen LogP contribution is -2.34. The van der Waals surface area contributed by atoms with Gasteiger partial charge in [0.15, 0.2) is 11.5 Å². The summed E-state index contributed by atoms with van der Waals surface area (Å²) < 4.78 is 51.8. The van der Waals surface area contributed by atoms with Crippen LogP contribution < -0.4 is 9.47 Å². The van der Waals surface area contributed by atoms with Gasteiger partial charge in [-0.2, -0.15) is 13.2 Å². The second-order valence-corrected chi connectivity index (χ2v) is 8.69. The number of methoxy groups -OCH3 is 2. The zero-order valence-electron chi connectivity index (χ0n) is 20.2. The number of carbonyl (C=O) groups is 1. The maximum absolute atomic E-state index is 13.0. The number of imidazole rings is 1. The van der Waals surface area contributed by atoms with Crippen LogP contribution in [0.15, 0.2) is 73.1 Å². The minimum Gasteiger partial charge on any atom is -0.493 e. The first kappa shape index (κ1) is 24.4. The lowest BCUT2D eigenvalue weighted by molar-refractivity contribution is -0.137.